The van der Waals surface area contributed by atoms with Crippen molar-refractivity contribution < 1.29 is 28.6 Å². The van der Waals surface area contributed by atoms with Gasteiger partial charge in [0.15, 0.2) is 11.5 Å². The number of likely N-dealkylation sites (tertiary alicyclic amines) is 1. The number of esters is 1. The highest BCUT2D eigenvalue weighted by Crippen LogP contribution is 2.40. The first-order valence-corrected chi connectivity index (χ1v) is 18.3. The lowest BCUT2D eigenvalue weighted by molar-refractivity contribution is -0.140. The average molecular weight is 713 g/mol. The Bertz CT molecular complexity index is 1410. The fourth-order valence-electron chi connectivity index (χ4n) is 5.60. The SMILES string of the molecule is CCC(=O)CC1CCN(C)CC1.CCC(=O)OC.CCC=O.CCCCc1cccn1-c1ccc(Cl)cc1C(C)c1cccc(OC)c1OC. The summed E-state index contributed by atoms with van der Waals surface area (Å²) in [5, 5.41) is 0.731. The summed E-state index contributed by atoms with van der Waals surface area (Å²) >= 11 is 6.40. The van der Waals surface area contributed by atoms with Gasteiger partial charge < -0.3 is 28.5 Å². The number of nitrogens with zero attached hydrogens (tertiary/aromatic N) is 2. The molecule has 50 heavy (non-hydrogen) atoms. The molecule has 1 atom stereocenters. The molecule has 0 N–H and O–H groups in total. The van der Waals surface area contributed by atoms with E-state index >= 15 is 0 Å². The van der Waals surface area contributed by atoms with Gasteiger partial charge in [-0.25, -0.2) is 0 Å². The van der Waals surface area contributed by atoms with Crippen LogP contribution in [0, 0.1) is 5.92 Å². The molecule has 1 aromatic heterocycles. The first-order chi connectivity index (χ1) is 24.0. The van der Waals surface area contributed by atoms with E-state index in [0.29, 0.717) is 31.0 Å². The van der Waals surface area contributed by atoms with Gasteiger partial charge >= 0.3 is 5.97 Å². The monoisotopic (exact) mass is 712 g/mol. The van der Waals surface area contributed by atoms with Crippen LogP contribution in [0.4, 0.5) is 0 Å². The van der Waals surface area contributed by atoms with Gasteiger partial charge in [0.2, 0.25) is 0 Å². The van der Waals surface area contributed by atoms with Crippen molar-refractivity contribution in [3.05, 3.63) is 76.6 Å². The Hall–Kier alpha value is -3.62. The molecule has 2 heterocycles. The van der Waals surface area contributed by atoms with E-state index < -0.39 is 0 Å². The number of methoxy groups -OCH3 is 3. The smallest absolute Gasteiger partial charge is 0.305 e. The fraction of sp³-hybridized carbons (Fsp3) is 0.537. The van der Waals surface area contributed by atoms with E-state index in [0.717, 1.165) is 52.5 Å². The first kappa shape index (κ1) is 44.4. The molecule has 1 aliphatic rings. The first-order valence-electron chi connectivity index (χ1n) is 17.9. The average Bonchev–Trinajstić information content (AvgIpc) is 3.62. The molecular formula is C41H61ClN2O6. The second-order valence-electron chi connectivity index (χ2n) is 12.3. The van der Waals surface area contributed by atoms with Crippen LogP contribution in [0.15, 0.2) is 54.7 Å². The van der Waals surface area contributed by atoms with Crippen LogP contribution in [0.5, 0.6) is 11.5 Å². The third-order valence-corrected chi connectivity index (χ3v) is 8.90. The number of aromatic nitrogens is 1. The lowest BCUT2D eigenvalue weighted by Gasteiger charge is -2.28. The zero-order chi connectivity index (χ0) is 37.5. The number of halogens is 1. The van der Waals surface area contributed by atoms with Crippen LogP contribution in [0.1, 0.15) is 109 Å². The number of carbonyl (C=O) groups is 3. The molecular weight excluding hydrogens is 652 g/mol. The largest absolute Gasteiger partial charge is 0.493 e. The molecule has 0 bridgehead atoms. The van der Waals surface area contributed by atoms with Gasteiger partial charge in [0.1, 0.15) is 12.1 Å². The molecule has 1 unspecified atom stereocenters. The van der Waals surface area contributed by atoms with Crippen molar-refractivity contribution in [3.8, 4) is 17.2 Å². The van der Waals surface area contributed by atoms with Crippen LogP contribution in [-0.4, -0.2) is 69.0 Å². The number of para-hydroxylation sites is 1. The molecule has 1 saturated heterocycles. The minimum absolute atomic E-state index is 0.0835. The number of aryl methyl sites for hydroxylation is 1. The van der Waals surface area contributed by atoms with E-state index in [1.807, 2.05) is 32.0 Å². The molecule has 0 amide bonds. The summed E-state index contributed by atoms with van der Waals surface area (Å²) in [5.41, 5.74) is 4.70. The molecule has 0 spiro atoms. The summed E-state index contributed by atoms with van der Waals surface area (Å²) in [6.07, 6.45) is 11.5. The van der Waals surface area contributed by atoms with E-state index in [4.69, 9.17) is 21.1 Å². The third kappa shape index (κ3) is 15.1. The summed E-state index contributed by atoms with van der Waals surface area (Å²) in [7, 11) is 6.88. The predicted octanol–water partition coefficient (Wildman–Crippen LogP) is 9.50. The van der Waals surface area contributed by atoms with Crippen molar-refractivity contribution in [1.82, 2.24) is 9.47 Å². The Morgan fingerprint density at radius 2 is 1.62 bits per heavy atom. The number of hydrogen-bond donors (Lipinski definition) is 0. The van der Waals surface area contributed by atoms with Gasteiger partial charge in [0.25, 0.3) is 0 Å². The summed E-state index contributed by atoms with van der Waals surface area (Å²) in [6.45, 7) is 12.3. The molecule has 0 radical (unpaired) electrons. The van der Waals surface area contributed by atoms with Crippen molar-refractivity contribution in [2.45, 2.75) is 98.3 Å². The van der Waals surface area contributed by atoms with Crippen LogP contribution in [-0.2, 0) is 25.5 Å². The van der Waals surface area contributed by atoms with Crippen molar-refractivity contribution in [2.24, 2.45) is 5.92 Å². The molecule has 278 valence electrons. The minimum Gasteiger partial charge on any atom is -0.493 e. The number of ether oxygens (including phenoxy) is 3. The van der Waals surface area contributed by atoms with Crippen molar-refractivity contribution in [3.63, 3.8) is 0 Å². The van der Waals surface area contributed by atoms with Crippen molar-refractivity contribution in [1.29, 1.82) is 0 Å². The number of hydrogen-bond acceptors (Lipinski definition) is 7. The Labute approximate surface area is 306 Å². The number of rotatable bonds is 13. The van der Waals surface area contributed by atoms with E-state index in [-0.39, 0.29) is 11.9 Å². The molecule has 1 aliphatic heterocycles. The quantitative estimate of drug-likeness (QED) is 0.129. The van der Waals surface area contributed by atoms with Gasteiger partial charge in [-0.2, -0.15) is 0 Å². The molecule has 3 aromatic rings. The second kappa shape index (κ2) is 25.3. The number of unbranched alkanes of at least 4 members (excludes halogenated alkanes) is 1. The summed E-state index contributed by atoms with van der Waals surface area (Å²) < 4.78 is 17.7. The van der Waals surface area contributed by atoms with Gasteiger partial charge in [0, 0.05) is 59.8 Å². The summed E-state index contributed by atoms with van der Waals surface area (Å²) in [4.78, 5) is 32.6. The highest BCUT2D eigenvalue weighted by atomic mass is 35.5. The fourth-order valence-corrected chi connectivity index (χ4v) is 5.78. The number of carbonyl (C=O) groups excluding carboxylic acids is 3. The Balaban J connectivity index is 0.000000465. The summed E-state index contributed by atoms with van der Waals surface area (Å²) in [5.74, 6) is 2.54. The zero-order valence-corrected chi connectivity index (χ0v) is 32.7. The Morgan fingerprint density at radius 1 is 0.940 bits per heavy atom. The molecule has 9 heteroatoms. The molecule has 1 fully saturated rings. The lowest BCUT2D eigenvalue weighted by Crippen LogP contribution is -2.30. The maximum absolute atomic E-state index is 11.1. The number of aldehydes is 1. The number of ketones is 1. The van der Waals surface area contributed by atoms with Gasteiger partial charge in [-0.15, -0.1) is 0 Å². The molecule has 2 aromatic carbocycles. The van der Waals surface area contributed by atoms with Gasteiger partial charge in [-0.3, -0.25) is 9.59 Å². The lowest BCUT2D eigenvalue weighted by atomic mass is 9.90. The van der Waals surface area contributed by atoms with Crippen molar-refractivity contribution >= 4 is 29.6 Å². The van der Waals surface area contributed by atoms with Crippen LogP contribution in [0.2, 0.25) is 5.02 Å². The van der Waals surface area contributed by atoms with E-state index in [9.17, 15) is 14.4 Å². The molecule has 0 saturated carbocycles. The molecule has 8 nitrogen and oxygen atoms in total. The zero-order valence-electron chi connectivity index (χ0n) is 31.9. The highest BCUT2D eigenvalue weighted by molar-refractivity contribution is 6.30. The van der Waals surface area contributed by atoms with Crippen LogP contribution in [0.3, 0.4) is 0 Å². The van der Waals surface area contributed by atoms with Gasteiger partial charge in [-0.05, 0) is 93.7 Å². The normalized spacial score (nSPS) is 13.2. The molecule has 0 aliphatic carbocycles. The highest BCUT2D eigenvalue weighted by Gasteiger charge is 2.21. The Morgan fingerprint density at radius 3 is 2.14 bits per heavy atom. The second-order valence-corrected chi connectivity index (χ2v) is 12.8. The van der Waals surface area contributed by atoms with Gasteiger partial charge in [-0.1, -0.05) is 64.8 Å². The maximum Gasteiger partial charge on any atom is 0.305 e. The molecule has 4 rings (SSSR count). The summed E-state index contributed by atoms with van der Waals surface area (Å²) in [6, 6.07) is 16.4. The van der Waals surface area contributed by atoms with Gasteiger partial charge in [0.05, 0.1) is 21.3 Å². The predicted molar refractivity (Wildman–Crippen MR) is 205 cm³/mol. The van der Waals surface area contributed by atoms with E-state index in [2.05, 4.69) is 71.6 Å². The number of Topliss-reactive ketones (excluding diaryl/α,β-unsaturated/α-hetero) is 1. The standard InChI is InChI=1S/C24H28ClNO2.C10H19NO.C4H8O2.C3H6O/c1-5-6-9-19-10-8-15-26(19)22-14-13-18(25)16-21(22)17(2)20-11-7-12-23(27-3)24(20)28-4;1-3-10(12)8-9-4-6-11(2)7-5-9;1-3-4(5)6-2;1-2-3-4/h7-8,10-17H,5-6,9H2,1-4H3;9H,3-8H2,1-2H3;3H2,1-2H3;3H,2H2,1H3. The van der Waals surface area contributed by atoms with Crippen LogP contribution in [0.25, 0.3) is 5.69 Å². The topological polar surface area (TPSA) is 87.1 Å². The van der Waals surface area contributed by atoms with E-state index in [1.54, 1.807) is 21.1 Å². The van der Waals surface area contributed by atoms with Crippen molar-refractivity contribution in [2.75, 3.05) is 41.5 Å². The number of piperidine rings is 1. The Kier molecular flexibility index (Phi) is 22.5. The number of benzene rings is 2. The third-order valence-electron chi connectivity index (χ3n) is 8.67. The van der Waals surface area contributed by atoms with E-state index in [1.165, 1.54) is 51.6 Å². The minimum atomic E-state index is -0.157. The maximum atomic E-state index is 11.1. The van der Waals surface area contributed by atoms with Crippen LogP contribution >= 0.6 is 11.6 Å². The van der Waals surface area contributed by atoms with Crippen LogP contribution < -0.4 is 9.47 Å².